The summed E-state index contributed by atoms with van der Waals surface area (Å²) in [4.78, 5) is 44.9. The monoisotopic (exact) mass is 491 g/mol. The second-order valence-electron chi connectivity index (χ2n) is 6.06. The summed E-state index contributed by atoms with van der Waals surface area (Å²) in [5.74, 6) is -0.940. The number of rotatable bonds is 6. The van der Waals surface area contributed by atoms with E-state index in [1.165, 1.54) is 38.1 Å². The van der Waals surface area contributed by atoms with Crippen LogP contribution in [0.4, 0.5) is 0 Å². The summed E-state index contributed by atoms with van der Waals surface area (Å²) in [6, 6.07) is 6.69. The lowest BCUT2D eigenvalue weighted by Crippen LogP contribution is -2.28. The molecule has 0 atom stereocenters. The van der Waals surface area contributed by atoms with E-state index in [1.807, 2.05) is 0 Å². The molecule has 0 amide bonds. The topological polar surface area (TPSA) is 109 Å². The van der Waals surface area contributed by atoms with E-state index in [0.717, 1.165) is 4.47 Å². The maximum atomic E-state index is 12.7. The highest BCUT2D eigenvalue weighted by Gasteiger charge is 2.14. The Morgan fingerprint density at radius 2 is 2.07 bits per heavy atom. The van der Waals surface area contributed by atoms with Crippen LogP contribution < -0.4 is 16.2 Å². The molecule has 0 spiro atoms. The SMILES string of the molecule is O=C([O-])CCn1c(SCc2cc(=O)n3cc(Br)ccc3n2)nc2ccsc2c1=O. The summed E-state index contributed by atoms with van der Waals surface area (Å²) in [6.45, 7) is -0.0355. The molecule has 29 heavy (non-hydrogen) atoms. The smallest absolute Gasteiger partial charge is 0.272 e. The number of hydrogen-bond donors (Lipinski definition) is 0. The van der Waals surface area contributed by atoms with Crippen LogP contribution in [-0.4, -0.2) is 24.9 Å². The van der Waals surface area contributed by atoms with Gasteiger partial charge in [-0.15, -0.1) is 11.3 Å². The van der Waals surface area contributed by atoms with Crippen LogP contribution in [0.25, 0.3) is 15.9 Å². The normalized spacial score (nSPS) is 11.3. The van der Waals surface area contributed by atoms with E-state index in [4.69, 9.17) is 0 Å². The highest BCUT2D eigenvalue weighted by atomic mass is 79.9. The number of aliphatic carboxylic acids is 1. The average molecular weight is 492 g/mol. The van der Waals surface area contributed by atoms with Crippen molar-refractivity contribution >= 4 is 60.9 Å². The molecule has 4 heterocycles. The van der Waals surface area contributed by atoms with Gasteiger partial charge in [0.25, 0.3) is 11.1 Å². The van der Waals surface area contributed by atoms with Crippen molar-refractivity contribution in [1.29, 1.82) is 0 Å². The summed E-state index contributed by atoms with van der Waals surface area (Å²) in [7, 11) is 0. The van der Waals surface area contributed by atoms with Crippen molar-refractivity contribution in [3.8, 4) is 0 Å². The largest absolute Gasteiger partial charge is 0.550 e. The Morgan fingerprint density at radius 1 is 1.24 bits per heavy atom. The number of pyridine rings is 1. The number of hydrogen-bond acceptors (Lipinski definition) is 8. The number of carbonyl (C=O) groups excluding carboxylic acids is 1. The minimum absolute atomic E-state index is 0.0355. The van der Waals surface area contributed by atoms with E-state index in [0.29, 0.717) is 32.5 Å². The van der Waals surface area contributed by atoms with Crippen molar-refractivity contribution in [2.24, 2.45) is 0 Å². The molecule has 4 rings (SSSR count). The van der Waals surface area contributed by atoms with Crippen molar-refractivity contribution in [2.75, 3.05) is 0 Å². The highest BCUT2D eigenvalue weighted by Crippen LogP contribution is 2.23. The first kappa shape index (κ1) is 19.8. The van der Waals surface area contributed by atoms with Gasteiger partial charge in [-0.05, 0) is 39.5 Å². The number of halogens is 1. The Balaban J connectivity index is 1.68. The fourth-order valence-electron chi connectivity index (χ4n) is 2.77. The zero-order chi connectivity index (χ0) is 20.5. The molecular formula is C18H12BrN4O4S2-. The van der Waals surface area contributed by atoms with Crippen LogP contribution in [0.3, 0.4) is 0 Å². The fraction of sp³-hybridized carbons (Fsp3) is 0.167. The molecule has 0 bridgehead atoms. The molecule has 4 aromatic heterocycles. The molecule has 0 N–H and O–H groups in total. The van der Waals surface area contributed by atoms with Gasteiger partial charge in [0.2, 0.25) is 0 Å². The minimum atomic E-state index is -1.24. The minimum Gasteiger partial charge on any atom is -0.550 e. The number of carboxylic acids is 1. The molecule has 0 aromatic carbocycles. The summed E-state index contributed by atoms with van der Waals surface area (Å²) in [6.07, 6.45) is 1.35. The van der Waals surface area contributed by atoms with Gasteiger partial charge in [-0.3, -0.25) is 18.6 Å². The van der Waals surface area contributed by atoms with Gasteiger partial charge < -0.3 is 9.90 Å². The van der Waals surface area contributed by atoms with Crippen LogP contribution in [0.2, 0.25) is 0 Å². The molecule has 0 saturated carbocycles. The first-order chi connectivity index (χ1) is 13.9. The van der Waals surface area contributed by atoms with Crippen molar-refractivity contribution < 1.29 is 9.90 Å². The molecule has 8 nitrogen and oxygen atoms in total. The van der Waals surface area contributed by atoms with Crippen molar-refractivity contribution in [1.82, 2.24) is 18.9 Å². The maximum Gasteiger partial charge on any atom is 0.272 e. The average Bonchev–Trinajstić information content (AvgIpc) is 3.15. The Bertz CT molecular complexity index is 1360. The summed E-state index contributed by atoms with van der Waals surface area (Å²) >= 11 is 5.81. The summed E-state index contributed by atoms with van der Waals surface area (Å²) in [5, 5.41) is 13.0. The lowest BCUT2D eigenvalue weighted by molar-refractivity contribution is -0.306. The Hall–Kier alpha value is -2.50. The zero-order valence-electron chi connectivity index (χ0n) is 14.7. The van der Waals surface area contributed by atoms with Crippen LogP contribution >= 0.6 is 39.0 Å². The van der Waals surface area contributed by atoms with Gasteiger partial charge in [-0.25, -0.2) is 9.97 Å². The number of thioether (sulfide) groups is 1. The first-order valence-electron chi connectivity index (χ1n) is 8.41. The Kier molecular flexibility index (Phi) is 5.52. The molecule has 11 heteroatoms. The molecular weight excluding hydrogens is 480 g/mol. The Labute approximate surface area is 180 Å². The fourth-order valence-corrected chi connectivity index (χ4v) is 4.81. The van der Waals surface area contributed by atoms with Crippen LogP contribution in [0.5, 0.6) is 0 Å². The summed E-state index contributed by atoms with van der Waals surface area (Å²) < 4.78 is 4.01. The molecule has 0 aliphatic carbocycles. The van der Waals surface area contributed by atoms with Crippen LogP contribution in [0, 0.1) is 0 Å². The number of fused-ring (bicyclic) bond motifs is 2. The van der Waals surface area contributed by atoms with Crippen LogP contribution in [-0.2, 0) is 17.1 Å². The van der Waals surface area contributed by atoms with E-state index in [-0.39, 0.29) is 24.1 Å². The molecule has 0 fully saturated rings. The van der Waals surface area contributed by atoms with Gasteiger partial charge >= 0.3 is 0 Å². The van der Waals surface area contributed by atoms with Crippen LogP contribution in [0.1, 0.15) is 12.1 Å². The second-order valence-corrected chi connectivity index (χ2v) is 8.83. The van der Waals surface area contributed by atoms with E-state index in [1.54, 1.807) is 29.8 Å². The number of carboxylic acid groups (broad SMARTS) is 1. The molecule has 4 aromatic rings. The first-order valence-corrected chi connectivity index (χ1v) is 11.1. The number of thiophene rings is 1. The molecule has 148 valence electrons. The van der Waals surface area contributed by atoms with E-state index >= 15 is 0 Å². The number of carbonyl (C=O) groups is 1. The Morgan fingerprint density at radius 3 is 2.86 bits per heavy atom. The van der Waals surface area contributed by atoms with Crippen molar-refractivity contribution in [3.63, 3.8) is 0 Å². The number of nitrogens with zero attached hydrogens (tertiary/aromatic N) is 4. The maximum absolute atomic E-state index is 12.7. The van der Waals surface area contributed by atoms with Crippen molar-refractivity contribution in [3.05, 3.63) is 66.7 Å². The molecule has 0 aliphatic heterocycles. The lowest BCUT2D eigenvalue weighted by Gasteiger charge is -2.12. The van der Waals surface area contributed by atoms with Gasteiger partial charge in [0.1, 0.15) is 10.3 Å². The number of aromatic nitrogens is 4. The van der Waals surface area contributed by atoms with E-state index in [9.17, 15) is 19.5 Å². The predicted octanol–water partition coefficient (Wildman–Crippen LogP) is 1.66. The third-order valence-electron chi connectivity index (χ3n) is 4.10. The summed E-state index contributed by atoms with van der Waals surface area (Å²) in [5.41, 5.74) is 1.09. The lowest BCUT2D eigenvalue weighted by atomic mass is 10.4. The predicted molar refractivity (Wildman–Crippen MR) is 112 cm³/mol. The second kappa shape index (κ2) is 8.09. The van der Waals surface area contributed by atoms with E-state index < -0.39 is 5.97 Å². The van der Waals surface area contributed by atoms with Gasteiger partial charge in [-0.2, -0.15) is 0 Å². The zero-order valence-corrected chi connectivity index (χ0v) is 17.9. The third-order valence-corrected chi connectivity index (χ3v) is 6.47. The molecule has 0 unspecified atom stereocenters. The third kappa shape index (κ3) is 4.11. The molecule has 0 aliphatic rings. The molecule has 0 saturated heterocycles. The van der Waals surface area contributed by atoms with Crippen LogP contribution in [0.15, 0.2) is 55.1 Å². The van der Waals surface area contributed by atoms with Gasteiger partial charge in [0.15, 0.2) is 5.16 Å². The van der Waals surface area contributed by atoms with Gasteiger partial charge in [-0.1, -0.05) is 11.8 Å². The van der Waals surface area contributed by atoms with E-state index in [2.05, 4.69) is 25.9 Å². The van der Waals surface area contributed by atoms with Crippen molar-refractivity contribution in [2.45, 2.75) is 23.9 Å². The van der Waals surface area contributed by atoms with Gasteiger partial charge in [0.05, 0.1) is 11.2 Å². The quantitative estimate of drug-likeness (QED) is 0.298. The molecule has 0 radical (unpaired) electrons. The standard InChI is InChI=1S/C18H13BrN4O4S2/c19-10-1-2-13-20-11(7-14(24)23(13)8-10)9-29-18-21-12-4-6-28-16(12)17(27)22(18)5-3-15(25)26/h1-2,4,6-8H,3,5,9H2,(H,25,26)/p-1. The van der Waals surface area contributed by atoms with Gasteiger partial charge in [0, 0.05) is 41.4 Å². The highest BCUT2D eigenvalue weighted by molar-refractivity contribution is 9.10.